The highest BCUT2D eigenvalue weighted by atomic mass is 32.9. The Bertz CT molecular complexity index is 739. The van der Waals surface area contributed by atoms with Gasteiger partial charge in [0.1, 0.15) is 5.56 Å². The molecule has 0 unspecified atom stereocenters. The van der Waals surface area contributed by atoms with E-state index in [0.717, 1.165) is 4.74 Å². The third kappa shape index (κ3) is 2.60. The molecule has 20 heavy (non-hydrogen) atoms. The molecule has 0 fully saturated rings. The van der Waals surface area contributed by atoms with Gasteiger partial charge in [0.05, 0.1) is 4.88 Å². The third-order valence-corrected chi connectivity index (χ3v) is 5.37. The summed E-state index contributed by atoms with van der Waals surface area (Å²) in [6.07, 6.45) is 0. The number of hydrogen-bond acceptors (Lipinski definition) is 2. The zero-order chi connectivity index (χ0) is 13.8. The van der Waals surface area contributed by atoms with E-state index in [-0.39, 0.29) is 0 Å². The van der Waals surface area contributed by atoms with E-state index < -0.39 is 0 Å². The molecule has 0 amide bonds. The summed E-state index contributed by atoms with van der Waals surface area (Å²) in [4.78, 5) is 1.28. The van der Waals surface area contributed by atoms with Crippen LogP contribution in [0.1, 0.15) is 6.92 Å². The maximum atomic E-state index is 5.82. The van der Waals surface area contributed by atoms with E-state index in [1.54, 1.807) is 20.7 Å². The van der Waals surface area contributed by atoms with Crippen molar-refractivity contribution in [3.63, 3.8) is 0 Å². The molecule has 0 atom stereocenters. The second-order valence-electron chi connectivity index (χ2n) is 4.32. The maximum absolute atomic E-state index is 5.82. The topological polar surface area (TPSA) is 11.3 Å². The molecule has 3 rings (SSSR count). The van der Waals surface area contributed by atoms with E-state index in [9.17, 15) is 0 Å². The Labute approximate surface area is 125 Å². The zero-order valence-corrected chi connectivity index (χ0v) is 12.8. The van der Waals surface area contributed by atoms with Crippen molar-refractivity contribution < 1.29 is 0 Å². The normalized spacial score (nSPS) is 11.8. The smallest absolute Gasteiger partial charge is 0.243 e. The summed E-state index contributed by atoms with van der Waals surface area (Å²) < 4.78 is 6.84. The van der Waals surface area contributed by atoms with Crippen LogP contribution in [-0.2, 0) is 0 Å². The molecule has 0 aliphatic carbocycles. The molecule has 2 aromatic carbocycles. The van der Waals surface area contributed by atoms with Crippen LogP contribution in [0.3, 0.4) is 0 Å². The van der Waals surface area contributed by atoms with Crippen LogP contribution in [0.4, 0.5) is 0 Å². The average Bonchev–Trinajstić information content (AvgIpc) is 2.93. The minimum atomic E-state index is 0.696. The van der Waals surface area contributed by atoms with Crippen LogP contribution in [-0.4, -0.2) is 6.61 Å². The fourth-order valence-corrected chi connectivity index (χ4v) is 4.75. The lowest BCUT2D eigenvalue weighted by molar-refractivity contribution is 1.27. The molecule has 0 bridgehead atoms. The highest BCUT2D eigenvalue weighted by Gasteiger charge is 2.19. The van der Waals surface area contributed by atoms with Crippen molar-refractivity contribution >= 4 is 20.7 Å². The molecule has 3 aromatic rings. The number of benzene rings is 2. The van der Waals surface area contributed by atoms with Crippen LogP contribution < -0.4 is 4.74 Å². The standard InChI is InChI=1S/C17H15OS2/c1-2-18-17-15(13-9-5-3-6-10-13)16(19-20-17)14-11-7-4-8-12-14/h3-12H,2H2,1H3/q+1. The van der Waals surface area contributed by atoms with Gasteiger partial charge in [0.15, 0.2) is 0 Å². The van der Waals surface area contributed by atoms with E-state index in [0.29, 0.717) is 6.61 Å². The SMILES string of the molecule is CC[O+]=c1ssc(-c2ccccc2)c1-c1ccccc1. The highest BCUT2D eigenvalue weighted by molar-refractivity contribution is 7.70. The average molecular weight is 299 g/mol. The predicted octanol–water partition coefficient (Wildman–Crippen LogP) is 5.06. The van der Waals surface area contributed by atoms with Crippen LogP contribution in [0, 0.1) is 0 Å². The van der Waals surface area contributed by atoms with E-state index in [1.807, 2.05) is 19.1 Å². The fourth-order valence-electron chi connectivity index (χ4n) is 2.12. The summed E-state index contributed by atoms with van der Waals surface area (Å²) in [5, 5.41) is 0. The van der Waals surface area contributed by atoms with Crippen molar-refractivity contribution in [2.24, 2.45) is 0 Å². The van der Waals surface area contributed by atoms with Gasteiger partial charge in [-0.1, -0.05) is 71.0 Å². The van der Waals surface area contributed by atoms with Crippen molar-refractivity contribution in [1.82, 2.24) is 0 Å². The first kappa shape index (κ1) is 13.3. The molecular weight excluding hydrogens is 284 g/mol. The highest BCUT2D eigenvalue weighted by Crippen LogP contribution is 2.35. The number of hydrogen-bond donors (Lipinski definition) is 0. The quantitative estimate of drug-likeness (QED) is 0.473. The van der Waals surface area contributed by atoms with Crippen LogP contribution >= 0.6 is 20.7 Å². The van der Waals surface area contributed by atoms with Crippen molar-refractivity contribution in [1.29, 1.82) is 0 Å². The Morgan fingerprint density at radius 2 is 1.40 bits per heavy atom. The molecule has 0 saturated heterocycles. The molecular formula is C17H15OS2+. The maximum Gasteiger partial charge on any atom is 0.419 e. The van der Waals surface area contributed by atoms with E-state index in [4.69, 9.17) is 4.42 Å². The van der Waals surface area contributed by atoms with Crippen LogP contribution in [0.5, 0.6) is 0 Å². The molecule has 1 aromatic heterocycles. The second kappa shape index (κ2) is 6.16. The summed E-state index contributed by atoms with van der Waals surface area (Å²) in [7, 11) is 3.49. The van der Waals surface area contributed by atoms with Gasteiger partial charge in [0.2, 0.25) is 0 Å². The molecule has 100 valence electrons. The summed E-state index contributed by atoms with van der Waals surface area (Å²) in [5.74, 6) is 0. The monoisotopic (exact) mass is 299 g/mol. The Morgan fingerprint density at radius 3 is 2.00 bits per heavy atom. The summed E-state index contributed by atoms with van der Waals surface area (Å²) in [6, 6.07) is 21.0. The van der Waals surface area contributed by atoms with Gasteiger partial charge in [0.25, 0.3) is 6.61 Å². The molecule has 0 N–H and O–H groups in total. The summed E-state index contributed by atoms with van der Waals surface area (Å²) in [5.41, 5.74) is 3.68. The molecule has 1 heterocycles. The van der Waals surface area contributed by atoms with E-state index in [1.165, 1.54) is 21.6 Å². The van der Waals surface area contributed by atoms with E-state index in [2.05, 4.69) is 48.5 Å². The minimum Gasteiger partial charge on any atom is -0.243 e. The lowest BCUT2D eigenvalue weighted by Gasteiger charge is -2.00. The lowest BCUT2D eigenvalue weighted by atomic mass is 10.0. The summed E-state index contributed by atoms with van der Waals surface area (Å²) >= 11 is 0. The first-order valence-electron chi connectivity index (χ1n) is 6.60. The molecule has 0 aliphatic rings. The minimum absolute atomic E-state index is 0.696. The molecule has 0 radical (unpaired) electrons. The van der Waals surface area contributed by atoms with Crippen LogP contribution in [0.15, 0.2) is 65.1 Å². The molecule has 0 saturated carbocycles. The van der Waals surface area contributed by atoms with Crippen molar-refractivity contribution in [3.05, 3.63) is 69.8 Å². The van der Waals surface area contributed by atoms with Crippen LogP contribution in [0.2, 0.25) is 0 Å². The first-order chi connectivity index (χ1) is 9.90. The van der Waals surface area contributed by atoms with Gasteiger partial charge in [-0.3, -0.25) is 0 Å². The lowest BCUT2D eigenvalue weighted by Crippen LogP contribution is -1.99. The Kier molecular flexibility index (Phi) is 4.09. The van der Waals surface area contributed by atoms with Crippen molar-refractivity contribution in [2.75, 3.05) is 6.61 Å². The predicted molar refractivity (Wildman–Crippen MR) is 89.9 cm³/mol. The van der Waals surface area contributed by atoms with Crippen molar-refractivity contribution in [2.45, 2.75) is 6.92 Å². The summed E-state index contributed by atoms with van der Waals surface area (Å²) in [6.45, 7) is 2.72. The van der Waals surface area contributed by atoms with Gasteiger partial charge in [-0.15, -0.1) is 0 Å². The molecule has 3 heteroatoms. The van der Waals surface area contributed by atoms with Gasteiger partial charge in [-0.05, 0) is 11.1 Å². The fraction of sp³-hybridized carbons (Fsp3) is 0.118. The van der Waals surface area contributed by atoms with Gasteiger partial charge in [-0.2, -0.15) is 0 Å². The van der Waals surface area contributed by atoms with Gasteiger partial charge >= 0.3 is 4.74 Å². The molecule has 0 spiro atoms. The zero-order valence-electron chi connectivity index (χ0n) is 11.2. The number of rotatable bonds is 3. The van der Waals surface area contributed by atoms with Gasteiger partial charge in [-0.25, -0.2) is 4.42 Å². The third-order valence-electron chi connectivity index (χ3n) is 3.01. The van der Waals surface area contributed by atoms with Crippen LogP contribution in [0.25, 0.3) is 21.6 Å². The Balaban J connectivity index is 2.25. The molecule has 1 nitrogen and oxygen atoms in total. The Morgan fingerprint density at radius 1 is 0.800 bits per heavy atom. The van der Waals surface area contributed by atoms with Crippen molar-refractivity contribution in [3.8, 4) is 21.6 Å². The second-order valence-corrected chi connectivity index (χ2v) is 6.44. The largest absolute Gasteiger partial charge is 0.419 e. The van der Waals surface area contributed by atoms with Gasteiger partial charge < -0.3 is 0 Å². The van der Waals surface area contributed by atoms with Gasteiger partial charge in [0, 0.05) is 17.3 Å². The molecule has 0 aliphatic heterocycles. The first-order valence-corrected chi connectivity index (χ1v) is 8.75. The Hall–Kier alpha value is -1.71. The van der Waals surface area contributed by atoms with E-state index >= 15 is 0 Å².